The third-order valence-corrected chi connectivity index (χ3v) is 4.73. The molecule has 1 aliphatic rings. The standard InChI is InChI=1S/C20H16N2OS/c1-2-24-21-17-11-12-18-19-15(17)9-6-10-16(19)20(23)22(18)13-14-7-4-3-5-8-14/h2-12,21H,1,13H2. The topological polar surface area (TPSA) is 32.3 Å². The van der Waals surface area contributed by atoms with Crippen LogP contribution < -0.4 is 9.62 Å². The van der Waals surface area contributed by atoms with Crippen LogP contribution in [-0.4, -0.2) is 5.91 Å². The highest BCUT2D eigenvalue weighted by atomic mass is 32.2. The molecule has 1 heterocycles. The summed E-state index contributed by atoms with van der Waals surface area (Å²) >= 11 is 1.43. The fourth-order valence-electron chi connectivity index (χ4n) is 3.16. The number of nitrogens with one attached hydrogen (secondary N) is 1. The second-order valence-electron chi connectivity index (χ2n) is 5.62. The summed E-state index contributed by atoms with van der Waals surface area (Å²) in [5.74, 6) is 0.0629. The smallest absolute Gasteiger partial charge is 0.259 e. The van der Waals surface area contributed by atoms with Crippen molar-refractivity contribution in [3.63, 3.8) is 0 Å². The van der Waals surface area contributed by atoms with Crippen LogP contribution in [0.3, 0.4) is 0 Å². The van der Waals surface area contributed by atoms with Gasteiger partial charge in [0.15, 0.2) is 0 Å². The van der Waals surface area contributed by atoms with Crippen LogP contribution >= 0.6 is 11.9 Å². The molecule has 3 aromatic rings. The van der Waals surface area contributed by atoms with Gasteiger partial charge in [0.25, 0.3) is 5.91 Å². The van der Waals surface area contributed by atoms with E-state index in [0.29, 0.717) is 6.54 Å². The fourth-order valence-corrected chi connectivity index (χ4v) is 3.55. The molecule has 4 rings (SSSR count). The van der Waals surface area contributed by atoms with Crippen molar-refractivity contribution in [3.05, 3.63) is 83.8 Å². The quantitative estimate of drug-likeness (QED) is 0.651. The predicted octanol–water partition coefficient (Wildman–Crippen LogP) is 5.20. The zero-order chi connectivity index (χ0) is 16.5. The number of carbonyl (C=O) groups excluding carboxylic acids is 1. The molecule has 24 heavy (non-hydrogen) atoms. The van der Waals surface area contributed by atoms with Crippen molar-refractivity contribution in [2.45, 2.75) is 6.54 Å². The Kier molecular flexibility index (Phi) is 3.75. The van der Waals surface area contributed by atoms with E-state index in [4.69, 9.17) is 0 Å². The van der Waals surface area contributed by atoms with Gasteiger partial charge in [-0.05, 0) is 41.1 Å². The summed E-state index contributed by atoms with van der Waals surface area (Å²) in [5.41, 5.74) is 3.86. The Morgan fingerprint density at radius 1 is 1.04 bits per heavy atom. The molecule has 0 radical (unpaired) electrons. The number of rotatable bonds is 5. The number of carbonyl (C=O) groups is 1. The van der Waals surface area contributed by atoms with Crippen LogP contribution in [0.25, 0.3) is 10.8 Å². The molecule has 0 aliphatic carbocycles. The summed E-state index contributed by atoms with van der Waals surface area (Å²) in [5, 5.41) is 3.83. The zero-order valence-electron chi connectivity index (χ0n) is 13.0. The zero-order valence-corrected chi connectivity index (χ0v) is 13.8. The molecule has 0 aromatic heterocycles. The Morgan fingerprint density at radius 2 is 1.88 bits per heavy atom. The monoisotopic (exact) mass is 332 g/mol. The van der Waals surface area contributed by atoms with E-state index in [2.05, 4.69) is 11.3 Å². The van der Waals surface area contributed by atoms with Gasteiger partial charge < -0.3 is 9.62 Å². The van der Waals surface area contributed by atoms with Crippen LogP contribution in [0.2, 0.25) is 0 Å². The Balaban J connectivity index is 1.81. The van der Waals surface area contributed by atoms with Crippen molar-refractivity contribution in [2.75, 3.05) is 9.62 Å². The Bertz CT molecular complexity index is 937. The SMILES string of the molecule is C=CSNc1ccc2c3c(cccc13)C(=O)N2Cc1ccccc1. The van der Waals surface area contributed by atoms with Gasteiger partial charge in [-0.3, -0.25) is 4.79 Å². The van der Waals surface area contributed by atoms with Crippen molar-refractivity contribution in [3.8, 4) is 0 Å². The van der Waals surface area contributed by atoms with Crippen molar-refractivity contribution in [1.29, 1.82) is 0 Å². The molecule has 0 bridgehead atoms. The van der Waals surface area contributed by atoms with E-state index in [1.165, 1.54) is 11.9 Å². The van der Waals surface area contributed by atoms with Gasteiger partial charge in [0.05, 0.1) is 17.9 Å². The van der Waals surface area contributed by atoms with Crippen molar-refractivity contribution in [1.82, 2.24) is 0 Å². The van der Waals surface area contributed by atoms with E-state index in [0.717, 1.165) is 33.3 Å². The van der Waals surface area contributed by atoms with E-state index >= 15 is 0 Å². The van der Waals surface area contributed by atoms with Crippen molar-refractivity contribution < 1.29 is 4.79 Å². The highest BCUT2D eigenvalue weighted by molar-refractivity contribution is 8.03. The molecule has 118 valence electrons. The van der Waals surface area contributed by atoms with E-state index in [1.54, 1.807) is 5.41 Å². The minimum absolute atomic E-state index is 0.0629. The highest BCUT2D eigenvalue weighted by Gasteiger charge is 2.30. The molecular weight excluding hydrogens is 316 g/mol. The molecule has 3 nitrogen and oxygen atoms in total. The lowest BCUT2D eigenvalue weighted by Crippen LogP contribution is -2.25. The van der Waals surface area contributed by atoms with Gasteiger partial charge in [-0.25, -0.2) is 0 Å². The molecule has 0 fully saturated rings. The van der Waals surface area contributed by atoms with E-state index in [1.807, 2.05) is 65.6 Å². The number of nitrogens with zero attached hydrogens (tertiary/aromatic N) is 1. The van der Waals surface area contributed by atoms with Crippen LogP contribution in [0, 0.1) is 0 Å². The third kappa shape index (κ3) is 2.36. The van der Waals surface area contributed by atoms with Crippen molar-refractivity contribution >= 4 is 40.0 Å². The molecular formula is C20H16N2OS. The minimum Gasteiger partial charge on any atom is -0.326 e. The average molecular weight is 332 g/mol. The lowest BCUT2D eigenvalue weighted by Gasteiger charge is -2.18. The van der Waals surface area contributed by atoms with Crippen LogP contribution in [0.15, 0.2) is 72.7 Å². The largest absolute Gasteiger partial charge is 0.326 e. The van der Waals surface area contributed by atoms with Gasteiger partial charge in [-0.1, -0.05) is 49.0 Å². The van der Waals surface area contributed by atoms with Gasteiger partial charge in [0.2, 0.25) is 0 Å². The van der Waals surface area contributed by atoms with Crippen LogP contribution in [0.1, 0.15) is 15.9 Å². The molecule has 0 saturated heterocycles. The fraction of sp³-hybridized carbons (Fsp3) is 0.0500. The Labute approximate surface area is 145 Å². The maximum atomic E-state index is 12.9. The van der Waals surface area contributed by atoms with Crippen LogP contribution in [-0.2, 0) is 6.54 Å². The number of hydrogen-bond acceptors (Lipinski definition) is 3. The molecule has 0 atom stereocenters. The molecule has 1 N–H and O–H groups in total. The first-order valence-corrected chi connectivity index (χ1v) is 8.61. The lowest BCUT2D eigenvalue weighted by atomic mass is 10.0. The summed E-state index contributed by atoms with van der Waals surface area (Å²) in [6, 6.07) is 20.0. The summed E-state index contributed by atoms with van der Waals surface area (Å²) in [6.45, 7) is 4.29. The molecule has 1 amide bonds. The first kappa shape index (κ1) is 14.8. The molecule has 0 unspecified atom stereocenters. The highest BCUT2D eigenvalue weighted by Crippen LogP contribution is 2.41. The molecule has 0 saturated carbocycles. The second kappa shape index (κ2) is 6.06. The number of anilines is 2. The van der Waals surface area contributed by atoms with Gasteiger partial charge in [-0.2, -0.15) is 0 Å². The normalized spacial score (nSPS) is 12.7. The summed E-state index contributed by atoms with van der Waals surface area (Å²) < 4.78 is 3.27. The first-order valence-electron chi connectivity index (χ1n) is 7.73. The summed E-state index contributed by atoms with van der Waals surface area (Å²) in [4.78, 5) is 14.7. The maximum Gasteiger partial charge on any atom is 0.259 e. The predicted molar refractivity (Wildman–Crippen MR) is 102 cm³/mol. The summed E-state index contributed by atoms with van der Waals surface area (Å²) in [7, 11) is 0. The van der Waals surface area contributed by atoms with Crippen LogP contribution in [0.4, 0.5) is 11.4 Å². The van der Waals surface area contributed by atoms with Crippen LogP contribution in [0.5, 0.6) is 0 Å². The minimum atomic E-state index is 0.0629. The first-order chi connectivity index (χ1) is 11.8. The third-order valence-electron chi connectivity index (χ3n) is 4.22. The number of hydrogen-bond donors (Lipinski definition) is 1. The van der Waals surface area contributed by atoms with Gasteiger partial charge in [0, 0.05) is 16.3 Å². The molecule has 0 spiro atoms. The lowest BCUT2D eigenvalue weighted by molar-refractivity contribution is 0.0991. The molecule has 1 aliphatic heterocycles. The van der Waals surface area contributed by atoms with E-state index in [9.17, 15) is 4.79 Å². The summed E-state index contributed by atoms with van der Waals surface area (Å²) in [6.07, 6.45) is 0. The van der Waals surface area contributed by atoms with Gasteiger partial charge >= 0.3 is 0 Å². The Morgan fingerprint density at radius 3 is 2.67 bits per heavy atom. The average Bonchev–Trinajstić information content (AvgIpc) is 2.89. The molecule has 3 aromatic carbocycles. The van der Waals surface area contributed by atoms with Gasteiger partial charge in [0.1, 0.15) is 0 Å². The maximum absolute atomic E-state index is 12.9. The second-order valence-corrected chi connectivity index (χ2v) is 6.40. The van der Waals surface area contributed by atoms with Crippen molar-refractivity contribution in [2.24, 2.45) is 0 Å². The van der Waals surface area contributed by atoms with E-state index in [-0.39, 0.29) is 5.91 Å². The molecule has 4 heteroatoms. The number of benzene rings is 3. The van der Waals surface area contributed by atoms with Gasteiger partial charge in [-0.15, -0.1) is 0 Å². The number of amides is 1. The Hall–Kier alpha value is -2.72. The van der Waals surface area contributed by atoms with E-state index < -0.39 is 0 Å².